The fourth-order valence-corrected chi connectivity index (χ4v) is 4.39. The average Bonchev–Trinajstić information content (AvgIpc) is 3.17. The van der Waals surface area contributed by atoms with Gasteiger partial charge in [0.2, 0.25) is 10.0 Å². The Morgan fingerprint density at radius 2 is 2.09 bits per heavy atom. The summed E-state index contributed by atoms with van der Waals surface area (Å²) in [6, 6.07) is 0. The van der Waals surface area contributed by atoms with Gasteiger partial charge in [0.05, 0.1) is 31.1 Å². The summed E-state index contributed by atoms with van der Waals surface area (Å²) in [7, 11) is -3.22. The van der Waals surface area contributed by atoms with E-state index in [1.165, 1.54) is 12.8 Å². The van der Waals surface area contributed by atoms with Gasteiger partial charge < -0.3 is 4.74 Å². The van der Waals surface area contributed by atoms with Gasteiger partial charge in [0.25, 0.3) is 0 Å². The van der Waals surface area contributed by atoms with Gasteiger partial charge in [-0.05, 0) is 24.7 Å². The van der Waals surface area contributed by atoms with Crippen molar-refractivity contribution in [2.75, 3.05) is 18.9 Å². The highest BCUT2D eigenvalue weighted by molar-refractivity contribution is 7.89. The molecule has 1 saturated carbocycles. The smallest absolute Gasteiger partial charge is 0.214 e. The first-order valence-electron chi connectivity index (χ1n) is 7.92. The molecule has 0 unspecified atom stereocenters. The molecule has 1 aromatic heterocycles. The molecule has 0 bridgehead atoms. The van der Waals surface area contributed by atoms with Crippen LogP contribution in [0.5, 0.6) is 0 Å². The largest absolute Gasteiger partial charge is 0.375 e. The Balaban J connectivity index is 1.66. The number of fused-ring (bicyclic) bond motifs is 1. The zero-order chi connectivity index (χ0) is 15.7. The molecule has 1 aliphatic carbocycles. The van der Waals surface area contributed by atoms with Crippen LogP contribution in [-0.4, -0.2) is 46.6 Å². The molecule has 22 heavy (non-hydrogen) atoms. The Labute approximate surface area is 131 Å². The van der Waals surface area contributed by atoms with Crippen LogP contribution in [0.3, 0.4) is 0 Å². The minimum absolute atomic E-state index is 0.122. The van der Waals surface area contributed by atoms with E-state index >= 15 is 0 Å². The van der Waals surface area contributed by atoms with E-state index in [0.29, 0.717) is 32.2 Å². The Morgan fingerprint density at radius 1 is 1.32 bits per heavy atom. The fourth-order valence-electron chi connectivity index (χ4n) is 2.66. The van der Waals surface area contributed by atoms with E-state index in [-0.39, 0.29) is 11.7 Å². The first-order chi connectivity index (χ1) is 10.5. The van der Waals surface area contributed by atoms with Crippen LogP contribution in [0.4, 0.5) is 0 Å². The number of ether oxygens (including phenoxy) is 1. The summed E-state index contributed by atoms with van der Waals surface area (Å²) in [6.07, 6.45) is 2.50. The Bertz CT molecular complexity index is 622. The van der Waals surface area contributed by atoms with E-state index in [1.54, 1.807) is 8.99 Å². The second-order valence-corrected chi connectivity index (χ2v) is 8.68. The topological polar surface area (TPSA) is 77.3 Å². The van der Waals surface area contributed by atoms with E-state index < -0.39 is 10.0 Å². The molecular formula is C14H24N4O3S. The van der Waals surface area contributed by atoms with Crippen molar-refractivity contribution in [1.82, 2.24) is 19.3 Å². The lowest BCUT2D eigenvalue weighted by Gasteiger charge is -2.27. The summed E-state index contributed by atoms with van der Waals surface area (Å²) in [5.41, 5.74) is 1.64. The van der Waals surface area contributed by atoms with Crippen molar-refractivity contribution in [3.05, 3.63) is 11.4 Å². The number of nitrogens with zero attached hydrogens (tertiary/aromatic N) is 4. The fraction of sp³-hybridized carbons (Fsp3) is 0.857. The maximum absolute atomic E-state index is 12.4. The molecule has 2 heterocycles. The van der Waals surface area contributed by atoms with Crippen LogP contribution < -0.4 is 0 Å². The molecule has 3 rings (SSSR count). The number of hydrogen-bond donors (Lipinski definition) is 0. The SMILES string of the molecule is CC(C)CS(=O)(=O)N1CCn2nnc(COCC3CC3)c2C1. The molecule has 0 N–H and O–H groups in total. The van der Waals surface area contributed by atoms with Gasteiger partial charge in [0, 0.05) is 13.2 Å². The van der Waals surface area contributed by atoms with Crippen LogP contribution in [0.25, 0.3) is 0 Å². The van der Waals surface area contributed by atoms with Crippen LogP contribution >= 0.6 is 0 Å². The maximum Gasteiger partial charge on any atom is 0.214 e. The summed E-state index contributed by atoms with van der Waals surface area (Å²) in [5, 5.41) is 8.27. The normalized spacial score (nSPS) is 19.6. The third-order valence-electron chi connectivity index (χ3n) is 4.03. The van der Waals surface area contributed by atoms with Crippen molar-refractivity contribution < 1.29 is 13.2 Å². The van der Waals surface area contributed by atoms with Gasteiger partial charge in [-0.2, -0.15) is 4.31 Å². The highest BCUT2D eigenvalue weighted by Crippen LogP contribution is 2.29. The molecule has 7 nitrogen and oxygen atoms in total. The molecule has 8 heteroatoms. The Morgan fingerprint density at radius 3 is 2.77 bits per heavy atom. The number of hydrogen-bond acceptors (Lipinski definition) is 5. The molecule has 0 aromatic carbocycles. The average molecular weight is 328 g/mol. The molecule has 124 valence electrons. The van der Waals surface area contributed by atoms with E-state index in [2.05, 4.69) is 10.3 Å². The predicted octanol–water partition coefficient (Wildman–Crippen LogP) is 1.01. The van der Waals surface area contributed by atoms with Gasteiger partial charge in [-0.3, -0.25) is 0 Å². The highest BCUT2D eigenvalue weighted by atomic mass is 32.2. The lowest BCUT2D eigenvalue weighted by molar-refractivity contribution is 0.107. The second kappa shape index (κ2) is 6.25. The van der Waals surface area contributed by atoms with Crippen LogP contribution in [0.15, 0.2) is 0 Å². The maximum atomic E-state index is 12.4. The van der Waals surface area contributed by atoms with Gasteiger partial charge in [-0.25, -0.2) is 13.1 Å². The van der Waals surface area contributed by atoms with Crippen molar-refractivity contribution in [3.63, 3.8) is 0 Å². The number of sulfonamides is 1. The van der Waals surface area contributed by atoms with Crippen LogP contribution in [0.2, 0.25) is 0 Å². The van der Waals surface area contributed by atoms with Crippen molar-refractivity contribution in [3.8, 4) is 0 Å². The molecular weight excluding hydrogens is 304 g/mol. The van der Waals surface area contributed by atoms with Gasteiger partial charge in [-0.1, -0.05) is 19.1 Å². The van der Waals surface area contributed by atoms with Crippen LogP contribution in [0.1, 0.15) is 38.1 Å². The lowest BCUT2D eigenvalue weighted by Crippen LogP contribution is -2.40. The Hall–Kier alpha value is -0.990. The number of aromatic nitrogens is 3. The molecule has 0 atom stereocenters. The van der Waals surface area contributed by atoms with Gasteiger partial charge in [0.1, 0.15) is 5.69 Å². The minimum atomic E-state index is -3.22. The Kier molecular flexibility index (Phi) is 4.52. The third kappa shape index (κ3) is 3.67. The molecule has 0 spiro atoms. The number of rotatable bonds is 7. The summed E-state index contributed by atoms with van der Waals surface area (Å²) >= 11 is 0. The van der Waals surface area contributed by atoms with Crippen molar-refractivity contribution in [1.29, 1.82) is 0 Å². The minimum Gasteiger partial charge on any atom is -0.375 e. The summed E-state index contributed by atoms with van der Waals surface area (Å²) in [5.74, 6) is 1.01. The quantitative estimate of drug-likeness (QED) is 0.746. The van der Waals surface area contributed by atoms with Crippen LogP contribution in [0, 0.1) is 11.8 Å². The third-order valence-corrected chi connectivity index (χ3v) is 6.22. The first-order valence-corrected chi connectivity index (χ1v) is 9.53. The molecule has 2 aliphatic rings. The molecule has 0 amide bonds. The van der Waals surface area contributed by atoms with Crippen molar-refractivity contribution in [2.45, 2.75) is 46.4 Å². The molecule has 0 radical (unpaired) electrons. The van der Waals surface area contributed by atoms with Gasteiger partial charge in [-0.15, -0.1) is 5.10 Å². The van der Waals surface area contributed by atoms with E-state index in [0.717, 1.165) is 18.0 Å². The highest BCUT2D eigenvalue weighted by Gasteiger charge is 2.30. The van der Waals surface area contributed by atoms with E-state index in [9.17, 15) is 8.42 Å². The van der Waals surface area contributed by atoms with Crippen molar-refractivity contribution in [2.24, 2.45) is 11.8 Å². The second-order valence-electron chi connectivity index (χ2n) is 6.67. The zero-order valence-electron chi connectivity index (χ0n) is 13.2. The van der Waals surface area contributed by atoms with Crippen LogP contribution in [-0.2, 0) is 34.5 Å². The lowest BCUT2D eigenvalue weighted by atomic mass is 10.3. The van der Waals surface area contributed by atoms with E-state index in [1.807, 2.05) is 13.8 Å². The van der Waals surface area contributed by atoms with Crippen molar-refractivity contribution >= 4 is 10.0 Å². The molecule has 1 aromatic rings. The monoisotopic (exact) mass is 328 g/mol. The van der Waals surface area contributed by atoms with Gasteiger partial charge in [0.15, 0.2) is 0 Å². The first kappa shape index (κ1) is 15.9. The summed E-state index contributed by atoms with van der Waals surface area (Å²) < 4.78 is 33.8. The summed E-state index contributed by atoms with van der Waals surface area (Å²) in [6.45, 7) is 6.40. The van der Waals surface area contributed by atoms with Gasteiger partial charge >= 0.3 is 0 Å². The zero-order valence-corrected chi connectivity index (χ0v) is 14.0. The molecule has 0 saturated heterocycles. The predicted molar refractivity (Wildman–Crippen MR) is 81.4 cm³/mol. The standard InChI is InChI=1S/C14H24N4O3S/c1-11(2)10-22(19,20)17-5-6-18-14(7-17)13(15-16-18)9-21-8-12-3-4-12/h11-12H,3-10H2,1-2H3. The molecule has 1 fully saturated rings. The summed E-state index contributed by atoms with van der Waals surface area (Å²) in [4.78, 5) is 0. The van der Waals surface area contributed by atoms with E-state index in [4.69, 9.17) is 4.74 Å². The molecule has 1 aliphatic heterocycles.